The van der Waals surface area contributed by atoms with E-state index in [4.69, 9.17) is 5.11 Å². The second kappa shape index (κ2) is 6.50. The van der Waals surface area contributed by atoms with Crippen LogP contribution in [0.1, 0.15) is 6.92 Å². The molecule has 4 N–H and O–H groups in total. The molecule has 10 heteroatoms. The minimum atomic E-state index is -2.11. The number of rotatable bonds is 5. The standard InChI is InChI=1S/C11H12BrN3O6/c1-11(19,9(16)17)5-13-10(18)14-7-2-6(12)3-8(4-7)15(20)21/h2-4,19H,5H2,1H3,(H,16,17)(H2,13,14,18). The van der Waals surface area contributed by atoms with Crippen molar-refractivity contribution in [2.24, 2.45) is 0 Å². The minimum absolute atomic E-state index is 0.142. The Morgan fingerprint density at radius 1 is 1.43 bits per heavy atom. The number of aliphatic carboxylic acids is 1. The molecule has 0 radical (unpaired) electrons. The van der Waals surface area contributed by atoms with E-state index in [-0.39, 0.29) is 11.4 Å². The number of nitrogens with zero attached hydrogens (tertiary/aromatic N) is 1. The molecule has 0 saturated carbocycles. The summed E-state index contributed by atoms with van der Waals surface area (Å²) in [4.78, 5) is 32.3. The molecule has 114 valence electrons. The lowest BCUT2D eigenvalue weighted by Crippen LogP contribution is -2.47. The van der Waals surface area contributed by atoms with Crippen molar-refractivity contribution in [1.82, 2.24) is 5.32 Å². The monoisotopic (exact) mass is 361 g/mol. The van der Waals surface area contributed by atoms with Crippen LogP contribution in [-0.4, -0.2) is 39.3 Å². The Morgan fingerprint density at radius 2 is 2.05 bits per heavy atom. The van der Waals surface area contributed by atoms with Gasteiger partial charge in [0.05, 0.1) is 17.2 Å². The van der Waals surface area contributed by atoms with Crippen molar-refractivity contribution in [3.63, 3.8) is 0 Å². The van der Waals surface area contributed by atoms with E-state index in [1.54, 1.807) is 0 Å². The van der Waals surface area contributed by atoms with Gasteiger partial charge >= 0.3 is 12.0 Å². The van der Waals surface area contributed by atoms with E-state index in [1.807, 2.05) is 0 Å². The number of nitro groups is 1. The molecule has 0 aliphatic rings. The zero-order valence-corrected chi connectivity index (χ0v) is 12.4. The predicted octanol–water partition coefficient (Wildman–Crippen LogP) is 1.31. The molecule has 0 spiro atoms. The van der Waals surface area contributed by atoms with Gasteiger partial charge < -0.3 is 20.8 Å². The van der Waals surface area contributed by atoms with Crippen molar-refractivity contribution in [2.75, 3.05) is 11.9 Å². The van der Waals surface area contributed by atoms with E-state index in [9.17, 15) is 24.8 Å². The maximum atomic E-state index is 11.6. The fourth-order valence-corrected chi connectivity index (χ4v) is 1.74. The molecular formula is C11H12BrN3O6. The number of nitro benzene ring substituents is 1. The fraction of sp³-hybridized carbons (Fsp3) is 0.273. The molecule has 1 aromatic carbocycles. The van der Waals surface area contributed by atoms with Gasteiger partial charge in [-0.2, -0.15) is 0 Å². The van der Waals surface area contributed by atoms with Crippen LogP contribution in [0.5, 0.6) is 0 Å². The number of carbonyl (C=O) groups is 2. The quantitative estimate of drug-likeness (QED) is 0.460. The minimum Gasteiger partial charge on any atom is -0.479 e. The van der Waals surface area contributed by atoms with Gasteiger partial charge in [0.2, 0.25) is 0 Å². The largest absolute Gasteiger partial charge is 0.479 e. The van der Waals surface area contributed by atoms with Crippen molar-refractivity contribution in [1.29, 1.82) is 0 Å². The number of aliphatic hydroxyl groups is 1. The number of carboxylic acid groups (broad SMARTS) is 1. The maximum Gasteiger partial charge on any atom is 0.337 e. The second-order valence-corrected chi connectivity index (χ2v) is 5.26. The van der Waals surface area contributed by atoms with Crippen LogP contribution in [0.3, 0.4) is 0 Å². The first-order valence-electron chi connectivity index (χ1n) is 5.57. The van der Waals surface area contributed by atoms with Crippen LogP contribution < -0.4 is 10.6 Å². The predicted molar refractivity (Wildman–Crippen MR) is 76.1 cm³/mol. The van der Waals surface area contributed by atoms with Crippen molar-refractivity contribution in [3.8, 4) is 0 Å². The molecule has 0 aliphatic heterocycles. The van der Waals surface area contributed by atoms with Crippen molar-refractivity contribution >= 4 is 39.3 Å². The van der Waals surface area contributed by atoms with Gasteiger partial charge in [-0.1, -0.05) is 15.9 Å². The van der Waals surface area contributed by atoms with Crippen LogP contribution in [0.15, 0.2) is 22.7 Å². The van der Waals surface area contributed by atoms with Gasteiger partial charge in [-0.3, -0.25) is 10.1 Å². The molecule has 1 rings (SSSR count). The first kappa shape index (κ1) is 16.9. The van der Waals surface area contributed by atoms with E-state index < -0.39 is 29.1 Å². The van der Waals surface area contributed by atoms with Gasteiger partial charge in [-0.25, -0.2) is 9.59 Å². The molecule has 0 aliphatic carbocycles. The first-order valence-corrected chi connectivity index (χ1v) is 6.37. The van der Waals surface area contributed by atoms with Gasteiger partial charge in [-0.15, -0.1) is 0 Å². The lowest BCUT2D eigenvalue weighted by Gasteiger charge is -2.18. The number of carbonyl (C=O) groups excluding carboxylic acids is 1. The Labute approximate surface area is 127 Å². The van der Waals surface area contributed by atoms with Crippen molar-refractivity contribution in [2.45, 2.75) is 12.5 Å². The Balaban J connectivity index is 2.71. The molecule has 0 aromatic heterocycles. The summed E-state index contributed by atoms with van der Waals surface area (Å²) >= 11 is 3.07. The third-order valence-corrected chi connectivity index (χ3v) is 2.86. The second-order valence-electron chi connectivity index (χ2n) is 4.34. The zero-order chi connectivity index (χ0) is 16.2. The number of carboxylic acids is 1. The van der Waals surface area contributed by atoms with Crippen molar-refractivity contribution in [3.05, 3.63) is 32.8 Å². The van der Waals surface area contributed by atoms with Crippen LogP contribution in [0.2, 0.25) is 0 Å². The summed E-state index contributed by atoms with van der Waals surface area (Å²) in [5.74, 6) is -1.49. The highest BCUT2D eigenvalue weighted by Gasteiger charge is 2.30. The summed E-state index contributed by atoms with van der Waals surface area (Å²) in [6, 6.07) is 3.03. The highest BCUT2D eigenvalue weighted by molar-refractivity contribution is 9.10. The van der Waals surface area contributed by atoms with Gasteiger partial charge in [0.1, 0.15) is 0 Å². The molecule has 1 unspecified atom stereocenters. The summed E-state index contributed by atoms with van der Waals surface area (Å²) < 4.78 is 0.393. The number of benzene rings is 1. The number of anilines is 1. The Morgan fingerprint density at radius 3 is 2.57 bits per heavy atom. The Hall–Kier alpha value is -2.20. The highest BCUT2D eigenvalue weighted by atomic mass is 79.9. The number of hydrogen-bond donors (Lipinski definition) is 4. The van der Waals surface area contributed by atoms with Crippen LogP contribution >= 0.6 is 15.9 Å². The third kappa shape index (κ3) is 5.00. The van der Waals surface area contributed by atoms with Gasteiger partial charge in [-0.05, 0) is 13.0 Å². The van der Waals surface area contributed by atoms with E-state index in [1.165, 1.54) is 12.1 Å². The molecule has 0 bridgehead atoms. The van der Waals surface area contributed by atoms with E-state index in [0.717, 1.165) is 13.0 Å². The zero-order valence-electron chi connectivity index (χ0n) is 10.8. The molecule has 1 aromatic rings. The molecule has 0 fully saturated rings. The summed E-state index contributed by atoms with van der Waals surface area (Å²) in [6.07, 6.45) is 0. The number of nitrogens with one attached hydrogen (secondary N) is 2. The molecular weight excluding hydrogens is 350 g/mol. The average Bonchev–Trinajstić information content (AvgIpc) is 2.35. The van der Waals surface area contributed by atoms with Crippen molar-refractivity contribution < 1.29 is 24.7 Å². The number of halogens is 1. The number of non-ortho nitro benzene ring substituents is 1. The van der Waals surface area contributed by atoms with E-state index in [2.05, 4.69) is 26.6 Å². The van der Waals surface area contributed by atoms with Crippen LogP contribution in [0, 0.1) is 10.1 Å². The van der Waals surface area contributed by atoms with Crippen LogP contribution in [0.4, 0.5) is 16.2 Å². The smallest absolute Gasteiger partial charge is 0.337 e. The SMILES string of the molecule is CC(O)(CNC(=O)Nc1cc(Br)cc([N+](=O)[O-])c1)C(=O)O. The topological polar surface area (TPSA) is 142 Å². The number of amides is 2. The summed E-state index contributed by atoms with van der Waals surface area (Å²) in [5.41, 5.74) is -2.19. The summed E-state index contributed by atoms with van der Waals surface area (Å²) in [7, 11) is 0. The third-order valence-electron chi connectivity index (χ3n) is 2.41. The fourth-order valence-electron chi connectivity index (χ4n) is 1.26. The van der Waals surface area contributed by atoms with Gasteiger partial charge in [0, 0.05) is 16.6 Å². The molecule has 1 atom stereocenters. The average molecular weight is 362 g/mol. The molecule has 2 amide bonds. The highest BCUT2D eigenvalue weighted by Crippen LogP contribution is 2.24. The normalized spacial score (nSPS) is 13.1. The van der Waals surface area contributed by atoms with E-state index >= 15 is 0 Å². The number of hydrogen-bond acceptors (Lipinski definition) is 5. The molecule has 0 heterocycles. The van der Waals surface area contributed by atoms with Crippen LogP contribution in [-0.2, 0) is 4.79 Å². The number of urea groups is 1. The summed E-state index contributed by atoms with van der Waals surface area (Å²) in [5, 5.41) is 33.2. The molecule has 0 saturated heterocycles. The Bertz CT molecular complexity index is 589. The summed E-state index contributed by atoms with van der Waals surface area (Å²) in [6.45, 7) is 0.504. The Kier molecular flexibility index (Phi) is 5.22. The molecule has 21 heavy (non-hydrogen) atoms. The maximum absolute atomic E-state index is 11.6. The first-order chi connectivity index (χ1) is 9.61. The molecule has 9 nitrogen and oxygen atoms in total. The van der Waals surface area contributed by atoms with Crippen LogP contribution in [0.25, 0.3) is 0 Å². The lowest BCUT2D eigenvalue weighted by molar-refractivity contribution is -0.384. The van der Waals surface area contributed by atoms with Gasteiger partial charge in [0.25, 0.3) is 5.69 Å². The van der Waals surface area contributed by atoms with Gasteiger partial charge in [0.15, 0.2) is 5.60 Å². The van der Waals surface area contributed by atoms with E-state index in [0.29, 0.717) is 4.47 Å². The lowest BCUT2D eigenvalue weighted by atomic mass is 10.1.